The lowest BCUT2D eigenvalue weighted by Gasteiger charge is -2.30. The minimum Gasteiger partial charge on any atom is -0.310 e. The third kappa shape index (κ3) is 8.56. The Morgan fingerprint density at radius 1 is 0.303 bits per heavy atom. The molecule has 11 aromatic rings. The van der Waals surface area contributed by atoms with Gasteiger partial charge < -0.3 is 9.80 Å². The van der Waals surface area contributed by atoms with Crippen molar-refractivity contribution in [3.8, 4) is 22.3 Å². The topological polar surface area (TPSA) is 6.48 Å². The molecule has 76 heavy (non-hydrogen) atoms. The number of benzene rings is 11. The Bertz CT molecular complexity index is 3750. The summed E-state index contributed by atoms with van der Waals surface area (Å²) in [5, 5.41) is 13.1. The van der Waals surface area contributed by atoms with Crippen LogP contribution >= 0.6 is 0 Å². The van der Waals surface area contributed by atoms with Gasteiger partial charge in [0.1, 0.15) is 0 Å². The summed E-state index contributed by atoms with van der Waals surface area (Å²) in [6.07, 6.45) is 9.33. The van der Waals surface area contributed by atoms with Crippen molar-refractivity contribution in [3.05, 3.63) is 229 Å². The van der Waals surface area contributed by atoms with Gasteiger partial charge in [-0.05, 0) is 189 Å². The second kappa shape index (κ2) is 19.3. The number of aryl methyl sites for hydroxylation is 2. The third-order valence-electron chi connectivity index (χ3n) is 16.9. The standard InChI is InChI=1S/C72H68N2Si2/c1-75(2,3)57-41-35-53(36-42-57)73(69-33-17-25-51-21-9-13-29-61(51)69)55-39-45-65-67(47-55)71(63-31-15-23-49-19-7-11-27-59(49)63)66-46-40-56(48-68(66)72(65)64-32-16-24-50-20-8-12-28-60(50)64)74(54-37-43-58(44-38-54)76(4,5)6)70-34-18-26-52-22-10-14-30-62(52)70/h9-10,13-18,21-26,29-48H,7-8,11-12,19-20,27-28H2,1-6H3. The lowest BCUT2D eigenvalue weighted by Crippen LogP contribution is -2.37. The molecular weight excluding hydrogens is 949 g/mol. The van der Waals surface area contributed by atoms with Crippen LogP contribution in [0.1, 0.15) is 47.9 Å². The van der Waals surface area contributed by atoms with Crippen LogP contribution in [0.3, 0.4) is 0 Å². The van der Waals surface area contributed by atoms with Crippen molar-refractivity contribution < 1.29 is 0 Å². The van der Waals surface area contributed by atoms with Gasteiger partial charge in [0.15, 0.2) is 0 Å². The zero-order valence-electron chi connectivity index (χ0n) is 45.2. The zero-order chi connectivity index (χ0) is 51.7. The van der Waals surface area contributed by atoms with Gasteiger partial charge in [-0.1, -0.05) is 195 Å². The normalized spacial score (nSPS) is 13.8. The highest BCUT2D eigenvalue weighted by Crippen LogP contribution is 2.51. The van der Waals surface area contributed by atoms with Crippen LogP contribution in [0.15, 0.2) is 206 Å². The second-order valence-corrected chi connectivity index (χ2v) is 33.9. The summed E-state index contributed by atoms with van der Waals surface area (Å²) in [6, 6.07) is 79.8. The predicted molar refractivity (Wildman–Crippen MR) is 336 cm³/mol. The predicted octanol–water partition coefficient (Wildman–Crippen LogP) is 19.4. The maximum absolute atomic E-state index is 2.57. The fraction of sp³-hybridized carbons (Fsp3) is 0.194. The molecule has 0 radical (unpaired) electrons. The summed E-state index contributed by atoms with van der Waals surface area (Å²) in [5.74, 6) is 0. The van der Waals surface area contributed by atoms with Crippen molar-refractivity contribution in [1.82, 2.24) is 0 Å². The molecule has 0 N–H and O–H groups in total. The lowest BCUT2D eigenvalue weighted by atomic mass is 9.79. The van der Waals surface area contributed by atoms with Gasteiger partial charge in [-0.25, -0.2) is 0 Å². The lowest BCUT2D eigenvalue weighted by molar-refractivity contribution is 0.687. The number of hydrogen-bond donors (Lipinski definition) is 0. The molecule has 2 nitrogen and oxygen atoms in total. The Labute approximate surface area is 452 Å². The van der Waals surface area contributed by atoms with E-state index in [4.69, 9.17) is 0 Å². The van der Waals surface area contributed by atoms with E-state index in [1.54, 1.807) is 0 Å². The van der Waals surface area contributed by atoms with E-state index in [0.29, 0.717) is 0 Å². The Kier molecular flexibility index (Phi) is 12.2. The van der Waals surface area contributed by atoms with Crippen LogP contribution in [0, 0.1) is 0 Å². The summed E-state index contributed by atoms with van der Waals surface area (Å²) < 4.78 is 0. The number of fused-ring (bicyclic) bond motifs is 6. The van der Waals surface area contributed by atoms with Crippen molar-refractivity contribution in [3.63, 3.8) is 0 Å². The van der Waals surface area contributed by atoms with E-state index >= 15 is 0 Å². The van der Waals surface area contributed by atoms with Gasteiger partial charge in [-0.3, -0.25) is 0 Å². The van der Waals surface area contributed by atoms with Crippen LogP contribution in [0.25, 0.3) is 65.3 Å². The van der Waals surface area contributed by atoms with Crippen LogP contribution in [-0.4, -0.2) is 16.1 Å². The first-order valence-electron chi connectivity index (χ1n) is 28.0. The highest BCUT2D eigenvalue weighted by molar-refractivity contribution is 6.89. The number of nitrogens with zero attached hydrogens (tertiary/aromatic N) is 2. The molecule has 0 atom stereocenters. The summed E-state index contributed by atoms with van der Waals surface area (Å²) in [6.45, 7) is 14.7. The molecule has 0 spiro atoms. The molecule has 0 heterocycles. The third-order valence-corrected chi connectivity index (χ3v) is 21.1. The van der Waals surface area contributed by atoms with Crippen LogP contribution in [0.2, 0.25) is 39.3 Å². The Balaban J connectivity index is 1.15. The molecule has 0 saturated heterocycles. The van der Waals surface area contributed by atoms with Gasteiger partial charge in [0.05, 0.1) is 27.5 Å². The molecule has 2 aliphatic carbocycles. The molecule has 4 heteroatoms. The van der Waals surface area contributed by atoms with Crippen molar-refractivity contribution in [2.45, 2.75) is 90.6 Å². The first kappa shape index (κ1) is 48.2. The molecule has 13 rings (SSSR count). The molecule has 2 aliphatic rings. The molecular formula is C72H68N2Si2. The van der Waals surface area contributed by atoms with Crippen LogP contribution < -0.4 is 20.2 Å². The van der Waals surface area contributed by atoms with Crippen LogP contribution in [0.4, 0.5) is 34.1 Å². The van der Waals surface area contributed by atoms with Crippen molar-refractivity contribution in [2.24, 2.45) is 0 Å². The average Bonchev–Trinajstić information content (AvgIpc) is 3.46. The highest BCUT2D eigenvalue weighted by atomic mass is 28.3. The second-order valence-electron chi connectivity index (χ2n) is 23.8. The quantitative estimate of drug-likeness (QED) is 0.0995. The van der Waals surface area contributed by atoms with Crippen molar-refractivity contribution in [2.75, 3.05) is 9.80 Å². The zero-order valence-corrected chi connectivity index (χ0v) is 47.2. The summed E-state index contributed by atoms with van der Waals surface area (Å²) >= 11 is 0. The molecule has 11 aromatic carbocycles. The largest absolute Gasteiger partial charge is 0.310 e. The van der Waals surface area contributed by atoms with E-state index in [1.165, 1.54) is 146 Å². The average molecular weight is 1020 g/mol. The summed E-state index contributed by atoms with van der Waals surface area (Å²) in [4.78, 5) is 5.07. The molecule has 0 fully saturated rings. The number of rotatable bonds is 10. The molecule has 0 bridgehead atoms. The van der Waals surface area contributed by atoms with E-state index in [1.807, 2.05) is 0 Å². The number of hydrogen-bond acceptors (Lipinski definition) is 2. The van der Waals surface area contributed by atoms with E-state index in [-0.39, 0.29) is 0 Å². The summed E-state index contributed by atoms with van der Waals surface area (Å²) in [5.41, 5.74) is 18.5. The maximum atomic E-state index is 2.57. The van der Waals surface area contributed by atoms with Crippen LogP contribution in [-0.2, 0) is 25.7 Å². The Hall–Kier alpha value is -7.51. The highest BCUT2D eigenvalue weighted by Gasteiger charge is 2.28. The van der Waals surface area contributed by atoms with Gasteiger partial charge in [-0.2, -0.15) is 0 Å². The first-order chi connectivity index (χ1) is 37.0. The van der Waals surface area contributed by atoms with Crippen LogP contribution in [0.5, 0.6) is 0 Å². The van der Waals surface area contributed by atoms with E-state index < -0.39 is 16.1 Å². The Morgan fingerprint density at radius 2 is 0.671 bits per heavy atom. The van der Waals surface area contributed by atoms with Gasteiger partial charge in [-0.15, -0.1) is 0 Å². The van der Waals surface area contributed by atoms with Gasteiger partial charge in [0.2, 0.25) is 0 Å². The maximum Gasteiger partial charge on any atom is 0.0775 e. The molecule has 0 amide bonds. The Morgan fingerprint density at radius 3 is 1.09 bits per heavy atom. The van der Waals surface area contributed by atoms with Crippen molar-refractivity contribution >= 4 is 104 Å². The van der Waals surface area contributed by atoms with E-state index in [9.17, 15) is 0 Å². The molecule has 374 valence electrons. The fourth-order valence-corrected chi connectivity index (χ4v) is 15.3. The number of anilines is 6. The molecule has 0 aliphatic heterocycles. The van der Waals surface area contributed by atoms with Crippen molar-refractivity contribution in [1.29, 1.82) is 0 Å². The first-order valence-corrected chi connectivity index (χ1v) is 35.0. The minimum atomic E-state index is -1.55. The van der Waals surface area contributed by atoms with Gasteiger partial charge in [0.25, 0.3) is 0 Å². The van der Waals surface area contributed by atoms with Gasteiger partial charge >= 0.3 is 0 Å². The van der Waals surface area contributed by atoms with Gasteiger partial charge in [0, 0.05) is 33.5 Å². The molecule has 0 unspecified atom stereocenters. The van der Waals surface area contributed by atoms with E-state index in [0.717, 1.165) is 37.1 Å². The monoisotopic (exact) mass is 1020 g/mol. The summed E-state index contributed by atoms with van der Waals surface area (Å²) in [7, 11) is -3.11. The minimum absolute atomic E-state index is 1.09. The smallest absolute Gasteiger partial charge is 0.0775 e. The SMILES string of the molecule is C[Si](C)(C)c1ccc(N(c2ccc3c(-c4cccc5c4CCCC5)c4cc(N(c5ccc([Si](C)(C)C)cc5)c5cccc6ccccc56)ccc4c(-c4cccc5c4CCCC5)c3c2)c2cccc3ccccc23)cc1. The fourth-order valence-electron chi connectivity index (χ4n) is 13.0. The van der Waals surface area contributed by atoms with E-state index in [2.05, 4.69) is 255 Å². The molecule has 0 aromatic heterocycles. The molecule has 0 saturated carbocycles.